The molecule has 1 saturated heterocycles. The fourth-order valence-corrected chi connectivity index (χ4v) is 3.66. The van der Waals surface area contributed by atoms with Crippen LogP contribution in [0.2, 0.25) is 0 Å². The molecule has 0 unspecified atom stereocenters. The summed E-state index contributed by atoms with van der Waals surface area (Å²) in [5, 5.41) is 0. The summed E-state index contributed by atoms with van der Waals surface area (Å²) in [6.07, 6.45) is 3.52. The van der Waals surface area contributed by atoms with Gasteiger partial charge in [-0.3, -0.25) is 4.79 Å². The van der Waals surface area contributed by atoms with Crippen molar-refractivity contribution >= 4 is 5.91 Å². The normalized spacial score (nSPS) is 14.9. The number of aromatic nitrogens is 2. The van der Waals surface area contributed by atoms with E-state index in [0.717, 1.165) is 31.5 Å². The van der Waals surface area contributed by atoms with E-state index < -0.39 is 0 Å². The van der Waals surface area contributed by atoms with E-state index in [9.17, 15) is 9.18 Å². The van der Waals surface area contributed by atoms with Crippen molar-refractivity contribution in [1.82, 2.24) is 19.8 Å². The smallest absolute Gasteiger partial charge is 0.291 e. The Morgan fingerprint density at radius 3 is 2.29 bits per heavy atom. The first-order valence-corrected chi connectivity index (χ1v) is 10.3. The van der Waals surface area contributed by atoms with Gasteiger partial charge in [0.05, 0.1) is 5.69 Å². The van der Waals surface area contributed by atoms with Crippen LogP contribution in [0.4, 0.5) is 4.39 Å². The number of nitrogens with zero attached hydrogens (tertiary/aromatic N) is 4. The summed E-state index contributed by atoms with van der Waals surface area (Å²) in [7, 11) is 3.93. The van der Waals surface area contributed by atoms with Crippen molar-refractivity contribution in [2.24, 2.45) is 0 Å². The molecule has 0 spiro atoms. The molecular formula is C24H25FN4O2. The molecule has 1 amide bonds. The number of carbonyl (C=O) groups is 1. The number of piperidine rings is 1. The average molecular weight is 420 g/mol. The first-order valence-electron chi connectivity index (χ1n) is 10.3. The summed E-state index contributed by atoms with van der Waals surface area (Å²) in [6.45, 7) is 1.96. The zero-order valence-corrected chi connectivity index (χ0v) is 17.7. The summed E-state index contributed by atoms with van der Waals surface area (Å²) < 4.78 is 18.8. The Balaban J connectivity index is 1.46. The zero-order chi connectivity index (χ0) is 21.8. The molecule has 2 heterocycles. The van der Waals surface area contributed by atoms with Crippen LogP contribution in [0.1, 0.15) is 23.5 Å². The molecule has 4 rings (SSSR count). The van der Waals surface area contributed by atoms with Gasteiger partial charge in [-0.1, -0.05) is 0 Å². The van der Waals surface area contributed by atoms with E-state index in [4.69, 9.17) is 4.74 Å². The molecule has 0 atom stereocenters. The highest BCUT2D eigenvalue weighted by Gasteiger charge is 2.26. The Kier molecular flexibility index (Phi) is 6.23. The highest BCUT2D eigenvalue weighted by atomic mass is 19.1. The third kappa shape index (κ3) is 5.06. The van der Waals surface area contributed by atoms with E-state index in [2.05, 4.69) is 21.9 Å². The number of likely N-dealkylation sites (tertiary alicyclic amines) is 1. The Morgan fingerprint density at radius 2 is 1.65 bits per heavy atom. The van der Waals surface area contributed by atoms with Gasteiger partial charge in [-0.15, -0.1) is 0 Å². The summed E-state index contributed by atoms with van der Waals surface area (Å²) in [5.74, 6) is 0.917. The van der Waals surface area contributed by atoms with Crippen molar-refractivity contribution in [2.75, 3.05) is 27.2 Å². The highest BCUT2D eigenvalue weighted by Crippen LogP contribution is 2.25. The Hall–Kier alpha value is -3.32. The van der Waals surface area contributed by atoms with E-state index >= 15 is 0 Å². The molecule has 0 aliphatic carbocycles. The Labute approximate surface area is 181 Å². The van der Waals surface area contributed by atoms with E-state index in [1.165, 1.54) is 12.1 Å². The van der Waals surface area contributed by atoms with E-state index in [-0.39, 0.29) is 23.6 Å². The van der Waals surface area contributed by atoms with Gasteiger partial charge in [0.25, 0.3) is 5.91 Å². The van der Waals surface area contributed by atoms with Crippen molar-refractivity contribution in [1.29, 1.82) is 0 Å². The predicted octanol–water partition coefficient (Wildman–Crippen LogP) is 4.24. The molecule has 3 aromatic rings. The number of hydrogen-bond donors (Lipinski definition) is 0. The molecule has 0 N–H and O–H groups in total. The van der Waals surface area contributed by atoms with Crippen molar-refractivity contribution in [3.63, 3.8) is 0 Å². The third-order valence-corrected chi connectivity index (χ3v) is 5.60. The summed E-state index contributed by atoms with van der Waals surface area (Å²) in [4.78, 5) is 25.7. The number of carbonyl (C=O) groups excluding carboxylic acids is 1. The predicted molar refractivity (Wildman–Crippen MR) is 117 cm³/mol. The first-order chi connectivity index (χ1) is 15.0. The summed E-state index contributed by atoms with van der Waals surface area (Å²) in [5.41, 5.74) is 1.52. The van der Waals surface area contributed by atoms with Crippen LogP contribution in [0.25, 0.3) is 11.3 Å². The van der Waals surface area contributed by atoms with Gasteiger partial charge in [-0.25, -0.2) is 14.4 Å². The van der Waals surface area contributed by atoms with Crippen LogP contribution in [0.5, 0.6) is 11.5 Å². The topological polar surface area (TPSA) is 58.6 Å². The maximum atomic E-state index is 13.0. The van der Waals surface area contributed by atoms with Crippen molar-refractivity contribution < 1.29 is 13.9 Å². The minimum atomic E-state index is -0.307. The maximum absolute atomic E-state index is 13.0. The molecule has 2 aromatic carbocycles. The lowest BCUT2D eigenvalue weighted by molar-refractivity contribution is 0.0647. The maximum Gasteiger partial charge on any atom is 0.291 e. The van der Waals surface area contributed by atoms with Crippen LogP contribution in [-0.4, -0.2) is 58.9 Å². The SMILES string of the molecule is CN1CCC(N(C)C(=O)c2nccc(-c3ccc(Oc4ccc(F)cc4)cc3)n2)CC1. The Bertz CT molecular complexity index is 1030. The molecule has 31 heavy (non-hydrogen) atoms. The number of hydrogen-bond acceptors (Lipinski definition) is 5. The third-order valence-electron chi connectivity index (χ3n) is 5.60. The van der Waals surface area contributed by atoms with Gasteiger partial charge < -0.3 is 14.5 Å². The molecule has 1 aliphatic heterocycles. The van der Waals surface area contributed by atoms with Gasteiger partial charge in [-0.2, -0.15) is 0 Å². The lowest BCUT2D eigenvalue weighted by atomic mass is 10.0. The quantitative estimate of drug-likeness (QED) is 0.618. The lowest BCUT2D eigenvalue weighted by Gasteiger charge is -2.34. The molecule has 6 nitrogen and oxygen atoms in total. The monoisotopic (exact) mass is 420 g/mol. The number of ether oxygens (including phenoxy) is 1. The molecular weight excluding hydrogens is 395 g/mol. The second-order valence-electron chi connectivity index (χ2n) is 7.80. The van der Waals surface area contributed by atoms with Crippen LogP contribution in [0.15, 0.2) is 60.8 Å². The van der Waals surface area contributed by atoms with Gasteiger partial charge in [0.15, 0.2) is 0 Å². The van der Waals surface area contributed by atoms with Crippen LogP contribution in [0.3, 0.4) is 0 Å². The molecule has 7 heteroatoms. The second-order valence-corrected chi connectivity index (χ2v) is 7.80. The van der Waals surface area contributed by atoms with E-state index in [1.54, 1.807) is 29.3 Å². The molecule has 0 bridgehead atoms. The number of rotatable bonds is 5. The van der Waals surface area contributed by atoms with Crippen LogP contribution in [0, 0.1) is 5.82 Å². The molecule has 1 aromatic heterocycles. The van der Waals surface area contributed by atoms with E-state index in [1.807, 2.05) is 31.3 Å². The van der Waals surface area contributed by atoms with Crippen molar-refractivity contribution in [3.05, 3.63) is 72.4 Å². The van der Waals surface area contributed by atoms with Gasteiger partial charge in [0.2, 0.25) is 5.82 Å². The summed E-state index contributed by atoms with van der Waals surface area (Å²) in [6, 6.07) is 15.2. The molecule has 0 radical (unpaired) electrons. The Morgan fingerprint density at radius 1 is 1.03 bits per heavy atom. The van der Waals surface area contributed by atoms with Crippen molar-refractivity contribution in [3.8, 4) is 22.8 Å². The highest BCUT2D eigenvalue weighted by molar-refractivity contribution is 5.91. The standard InChI is InChI=1S/C24H25FN4O2/c1-28-15-12-19(13-16-28)29(2)24(30)23-26-14-11-22(27-23)17-3-7-20(8-4-17)31-21-9-5-18(25)6-10-21/h3-11,14,19H,12-13,15-16H2,1-2H3. The largest absolute Gasteiger partial charge is 0.457 e. The van der Waals surface area contributed by atoms with Gasteiger partial charge >= 0.3 is 0 Å². The average Bonchev–Trinajstić information content (AvgIpc) is 2.81. The van der Waals surface area contributed by atoms with E-state index in [0.29, 0.717) is 17.2 Å². The van der Waals surface area contributed by atoms with Gasteiger partial charge in [0, 0.05) is 24.8 Å². The summed E-state index contributed by atoms with van der Waals surface area (Å²) >= 11 is 0. The molecule has 1 fully saturated rings. The fourth-order valence-electron chi connectivity index (χ4n) is 3.66. The zero-order valence-electron chi connectivity index (χ0n) is 17.7. The van der Waals surface area contributed by atoms with Crippen LogP contribution < -0.4 is 4.74 Å². The fraction of sp³-hybridized carbons (Fsp3) is 0.292. The number of halogens is 1. The number of amides is 1. The number of benzene rings is 2. The van der Waals surface area contributed by atoms with Crippen LogP contribution in [-0.2, 0) is 0 Å². The molecule has 160 valence electrons. The van der Waals surface area contributed by atoms with Gasteiger partial charge in [0.1, 0.15) is 17.3 Å². The molecule has 1 aliphatic rings. The van der Waals surface area contributed by atoms with Crippen molar-refractivity contribution in [2.45, 2.75) is 18.9 Å². The first kappa shape index (κ1) is 20.9. The van der Waals surface area contributed by atoms with Crippen LogP contribution >= 0.6 is 0 Å². The molecule has 0 saturated carbocycles. The minimum absolute atomic E-state index is 0.160. The van der Waals surface area contributed by atoms with Gasteiger partial charge in [-0.05, 0) is 87.6 Å². The lowest BCUT2D eigenvalue weighted by Crippen LogP contribution is -2.44. The minimum Gasteiger partial charge on any atom is -0.457 e. The second kappa shape index (κ2) is 9.22.